The van der Waals surface area contributed by atoms with Crippen LogP contribution < -0.4 is 17.0 Å². The Morgan fingerprint density at radius 3 is 2.67 bits per heavy atom. The lowest BCUT2D eigenvalue weighted by Crippen LogP contribution is -2.41. The van der Waals surface area contributed by atoms with Crippen molar-refractivity contribution in [1.29, 1.82) is 0 Å². The minimum Gasteiger partial charge on any atom is -0.409 e. The molecule has 2 N–H and O–H groups in total. The average Bonchev–Trinajstić information content (AvgIpc) is 2.40. The Morgan fingerprint density at radius 2 is 1.95 bits per heavy atom. The second-order valence-corrected chi connectivity index (χ2v) is 5.03. The average molecular weight is 288 g/mol. The lowest BCUT2D eigenvalue weighted by atomic mass is 9.93. The van der Waals surface area contributed by atoms with E-state index >= 15 is 0 Å². The Kier molecular flexibility index (Phi) is 2.97. The van der Waals surface area contributed by atoms with E-state index in [9.17, 15) is 19.2 Å². The molecule has 21 heavy (non-hydrogen) atoms. The van der Waals surface area contributed by atoms with Gasteiger partial charge in [-0.1, -0.05) is 0 Å². The van der Waals surface area contributed by atoms with Crippen LogP contribution in [0.5, 0.6) is 0 Å². The van der Waals surface area contributed by atoms with E-state index in [1.165, 1.54) is 18.2 Å². The number of aromatic nitrogens is 1. The van der Waals surface area contributed by atoms with E-state index in [0.29, 0.717) is 5.69 Å². The van der Waals surface area contributed by atoms with Crippen molar-refractivity contribution in [3.8, 4) is 0 Å². The lowest BCUT2D eigenvalue weighted by Gasteiger charge is -2.20. The molecule has 1 unspecified atom stereocenters. The summed E-state index contributed by atoms with van der Waals surface area (Å²) in [5.41, 5.74) is 5.42. The van der Waals surface area contributed by atoms with E-state index in [2.05, 4.69) is 0 Å². The Balaban J connectivity index is 2.22. The molecule has 2 aromatic rings. The van der Waals surface area contributed by atoms with E-state index in [-0.39, 0.29) is 36.0 Å². The zero-order valence-corrected chi connectivity index (χ0v) is 11.0. The summed E-state index contributed by atoms with van der Waals surface area (Å²) in [5, 5.41) is 0.175. The summed E-state index contributed by atoms with van der Waals surface area (Å²) in [7, 11) is 0. The molecule has 7 nitrogen and oxygen atoms in total. The number of Topliss-reactive ketones (excluding diaryl/α,β-unsaturated/α-hetero) is 2. The third kappa shape index (κ3) is 2.16. The van der Waals surface area contributed by atoms with Crippen LogP contribution in [0.15, 0.2) is 32.2 Å². The van der Waals surface area contributed by atoms with Gasteiger partial charge in [-0.05, 0) is 18.6 Å². The normalized spacial score (nSPS) is 19.1. The quantitative estimate of drug-likeness (QED) is 0.600. The van der Waals surface area contributed by atoms with Gasteiger partial charge in [0.15, 0.2) is 5.78 Å². The van der Waals surface area contributed by atoms with Crippen molar-refractivity contribution in [3.05, 3.63) is 39.1 Å². The van der Waals surface area contributed by atoms with Crippen molar-refractivity contribution in [2.45, 2.75) is 25.3 Å². The van der Waals surface area contributed by atoms with Gasteiger partial charge in [-0.25, -0.2) is 9.36 Å². The zero-order valence-electron chi connectivity index (χ0n) is 11.0. The molecule has 0 saturated heterocycles. The molecule has 108 valence electrons. The summed E-state index contributed by atoms with van der Waals surface area (Å²) < 4.78 is 5.87. The van der Waals surface area contributed by atoms with E-state index in [4.69, 9.17) is 10.2 Å². The number of rotatable bonds is 1. The molecule has 0 amide bonds. The summed E-state index contributed by atoms with van der Waals surface area (Å²) in [5.74, 6) is -1.52. The van der Waals surface area contributed by atoms with Gasteiger partial charge in [-0.2, -0.15) is 0 Å². The van der Waals surface area contributed by atoms with E-state index in [1.54, 1.807) is 0 Å². The van der Waals surface area contributed by atoms with E-state index < -0.39 is 23.1 Å². The van der Waals surface area contributed by atoms with Gasteiger partial charge in [0, 0.05) is 18.2 Å². The van der Waals surface area contributed by atoms with Gasteiger partial charge in [-0.3, -0.25) is 14.4 Å². The second-order valence-electron chi connectivity index (χ2n) is 5.03. The summed E-state index contributed by atoms with van der Waals surface area (Å²) in [6, 6.07) is 3.41. The fourth-order valence-corrected chi connectivity index (χ4v) is 2.56. The van der Waals surface area contributed by atoms with Crippen molar-refractivity contribution < 1.29 is 14.0 Å². The van der Waals surface area contributed by atoms with Gasteiger partial charge in [0.25, 0.3) is 5.56 Å². The maximum Gasteiger partial charge on any atom is 0.422 e. The molecule has 1 saturated carbocycles. The summed E-state index contributed by atoms with van der Waals surface area (Å²) in [4.78, 5) is 47.6. The highest BCUT2D eigenvalue weighted by molar-refractivity contribution is 6.03. The third-order valence-electron chi connectivity index (χ3n) is 3.60. The van der Waals surface area contributed by atoms with Crippen molar-refractivity contribution in [1.82, 2.24) is 4.57 Å². The molecule has 0 aliphatic heterocycles. The molecule has 0 spiro atoms. The van der Waals surface area contributed by atoms with Crippen LogP contribution in [-0.4, -0.2) is 16.1 Å². The first kappa shape index (κ1) is 13.3. The smallest absolute Gasteiger partial charge is 0.409 e. The van der Waals surface area contributed by atoms with Crippen LogP contribution in [0.2, 0.25) is 0 Å². The molecule has 3 rings (SSSR count). The molecule has 1 aromatic heterocycles. The van der Waals surface area contributed by atoms with Gasteiger partial charge in [-0.15, -0.1) is 0 Å². The maximum atomic E-state index is 12.4. The fourth-order valence-electron chi connectivity index (χ4n) is 2.56. The van der Waals surface area contributed by atoms with Crippen LogP contribution in [0.25, 0.3) is 11.0 Å². The van der Waals surface area contributed by atoms with Gasteiger partial charge in [0.2, 0.25) is 0 Å². The van der Waals surface area contributed by atoms with Crippen LogP contribution in [0.4, 0.5) is 5.69 Å². The van der Waals surface area contributed by atoms with Gasteiger partial charge in [0.05, 0.1) is 11.8 Å². The second kappa shape index (κ2) is 4.69. The molecule has 1 fully saturated rings. The first-order chi connectivity index (χ1) is 9.97. The summed E-state index contributed by atoms with van der Waals surface area (Å²) >= 11 is 0. The van der Waals surface area contributed by atoms with Crippen molar-refractivity contribution in [3.63, 3.8) is 0 Å². The summed E-state index contributed by atoms with van der Waals surface area (Å²) in [6.45, 7) is 0. The number of benzene rings is 1. The Bertz CT molecular complexity index is 877. The first-order valence-electron chi connectivity index (χ1n) is 6.46. The highest BCUT2D eigenvalue weighted by atomic mass is 16.4. The predicted molar refractivity (Wildman–Crippen MR) is 74.1 cm³/mol. The minimum atomic E-state index is -0.937. The minimum absolute atomic E-state index is 0.0839. The molecule has 1 heterocycles. The molecule has 0 radical (unpaired) electrons. The fraction of sp³-hybridized carbons (Fsp3) is 0.286. The van der Waals surface area contributed by atoms with Crippen LogP contribution >= 0.6 is 0 Å². The highest BCUT2D eigenvalue weighted by Gasteiger charge is 2.31. The number of carbonyl (C=O) groups is 2. The maximum absolute atomic E-state index is 12.4. The molecule has 1 atom stereocenters. The summed E-state index contributed by atoms with van der Waals surface area (Å²) in [6.07, 6.45) is 0.0567. The van der Waals surface area contributed by atoms with E-state index in [0.717, 1.165) is 4.57 Å². The topological polar surface area (TPSA) is 112 Å². The van der Waals surface area contributed by atoms with Gasteiger partial charge < -0.3 is 10.2 Å². The monoisotopic (exact) mass is 288 g/mol. The largest absolute Gasteiger partial charge is 0.422 e. The predicted octanol–water partition coefficient (Wildman–Crippen LogP) is 0.400. The number of hydrogen-bond donors (Lipinski definition) is 1. The van der Waals surface area contributed by atoms with Gasteiger partial charge >= 0.3 is 5.76 Å². The van der Waals surface area contributed by atoms with Crippen LogP contribution in [0.3, 0.4) is 0 Å². The number of ketones is 2. The molecular weight excluding hydrogens is 276 g/mol. The number of carbonyl (C=O) groups excluding carboxylic acids is 2. The Labute approximate surface area is 118 Å². The first-order valence-corrected chi connectivity index (χ1v) is 6.46. The van der Waals surface area contributed by atoms with Crippen molar-refractivity contribution in [2.24, 2.45) is 0 Å². The van der Waals surface area contributed by atoms with Crippen molar-refractivity contribution >= 4 is 28.2 Å². The number of hydrogen-bond acceptors (Lipinski definition) is 6. The number of nitrogen functional groups attached to an aromatic ring is 1. The Hall–Kier alpha value is -2.70. The highest BCUT2D eigenvalue weighted by Crippen LogP contribution is 2.22. The van der Waals surface area contributed by atoms with E-state index in [1.807, 2.05) is 0 Å². The number of nitrogens with zero attached hydrogens (tertiary/aromatic N) is 1. The molecule has 0 bridgehead atoms. The number of anilines is 1. The standard InChI is InChI=1S/C14H12N2O5/c15-7-1-3-9-12(5-7)21-14(20)16(13(9)19)10-4-2-8(17)6-11(10)18/h1,3,5,10H,2,4,6,15H2. The Morgan fingerprint density at radius 1 is 1.19 bits per heavy atom. The number of fused-ring (bicyclic) bond motifs is 1. The molecule has 7 heteroatoms. The van der Waals surface area contributed by atoms with Crippen molar-refractivity contribution in [2.75, 3.05) is 5.73 Å². The molecule has 1 aliphatic carbocycles. The third-order valence-corrected chi connectivity index (χ3v) is 3.60. The van der Waals surface area contributed by atoms with Crippen LogP contribution in [0.1, 0.15) is 25.3 Å². The van der Waals surface area contributed by atoms with Crippen LogP contribution in [0, 0.1) is 0 Å². The van der Waals surface area contributed by atoms with Crippen LogP contribution in [-0.2, 0) is 9.59 Å². The molecular formula is C14H12N2O5. The lowest BCUT2D eigenvalue weighted by molar-refractivity contribution is -0.132. The SMILES string of the molecule is Nc1ccc2c(=O)n(C3CCC(=O)CC3=O)c(=O)oc2c1. The molecule has 1 aliphatic rings. The number of nitrogens with two attached hydrogens (primary N) is 1. The van der Waals surface area contributed by atoms with Gasteiger partial charge in [0.1, 0.15) is 17.4 Å². The zero-order chi connectivity index (χ0) is 15.1. The molecule has 1 aromatic carbocycles.